The molecule has 0 unspecified atom stereocenters. The van der Waals surface area contributed by atoms with Gasteiger partial charge in [0.15, 0.2) is 12.4 Å². The Kier molecular flexibility index (Phi) is 5.44. The minimum atomic E-state index is -0.670. The van der Waals surface area contributed by atoms with E-state index in [1.54, 1.807) is 4.90 Å². The molecule has 0 aromatic heterocycles. The molecule has 1 aliphatic heterocycles. The highest BCUT2D eigenvalue weighted by atomic mass is 16.6. The summed E-state index contributed by atoms with van der Waals surface area (Å²) in [4.78, 5) is 49.0. The second-order valence-electron chi connectivity index (χ2n) is 7.24. The van der Waals surface area contributed by atoms with Gasteiger partial charge >= 0.3 is 5.97 Å². The zero-order chi connectivity index (χ0) is 22.0. The van der Waals surface area contributed by atoms with E-state index in [-0.39, 0.29) is 30.1 Å². The van der Waals surface area contributed by atoms with Crippen molar-refractivity contribution in [1.29, 1.82) is 0 Å². The van der Waals surface area contributed by atoms with Crippen molar-refractivity contribution in [1.82, 2.24) is 0 Å². The van der Waals surface area contributed by atoms with Crippen molar-refractivity contribution in [2.75, 3.05) is 18.1 Å². The molecule has 1 amide bonds. The topological polar surface area (TPSA) is 107 Å². The van der Waals surface area contributed by atoms with Gasteiger partial charge in [0.2, 0.25) is 5.91 Å². The van der Waals surface area contributed by atoms with Crippen molar-refractivity contribution in [2.24, 2.45) is 5.92 Å². The number of nitro groups is 1. The lowest BCUT2D eigenvalue weighted by Gasteiger charge is -2.18. The highest BCUT2D eigenvalue weighted by Crippen LogP contribution is 2.32. The van der Waals surface area contributed by atoms with Crippen LogP contribution in [0, 0.1) is 16.0 Å². The average molecular weight is 418 g/mol. The van der Waals surface area contributed by atoms with Crippen LogP contribution in [0.4, 0.5) is 11.4 Å². The minimum Gasteiger partial charge on any atom is -0.457 e. The highest BCUT2D eigenvalue weighted by molar-refractivity contribution is 6.06. The van der Waals surface area contributed by atoms with Crippen LogP contribution in [0.3, 0.4) is 0 Å². The van der Waals surface area contributed by atoms with Gasteiger partial charge in [-0.2, -0.15) is 0 Å². The van der Waals surface area contributed by atoms with E-state index >= 15 is 0 Å². The van der Waals surface area contributed by atoms with E-state index in [0.29, 0.717) is 0 Å². The van der Waals surface area contributed by atoms with Crippen LogP contribution in [0.1, 0.15) is 16.8 Å². The Hall–Kier alpha value is -4.07. The number of amides is 1. The van der Waals surface area contributed by atoms with Gasteiger partial charge in [-0.15, -0.1) is 0 Å². The molecule has 3 aromatic carbocycles. The standard InChI is InChI=1S/C23H18N2O6/c26-21(16-8-10-18(11-9-16)25(29)30)14-31-23(28)17-12-22(27)24(13-17)20-7-3-5-15-4-1-2-6-19(15)20/h1-11,17H,12-14H2/t17-/m0/s1. The normalized spacial score (nSPS) is 15.8. The first-order chi connectivity index (χ1) is 14.9. The molecule has 0 aliphatic carbocycles. The molecule has 3 aromatic rings. The van der Waals surface area contributed by atoms with Gasteiger partial charge < -0.3 is 9.64 Å². The number of carbonyl (C=O) groups excluding carboxylic acids is 3. The monoisotopic (exact) mass is 418 g/mol. The predicted octanol–water partition coefficient (Wildman–Crippen LogP) is 3.53. The molecular formula is C23H18N2O6. The maximum absolute atomic E-state index is 12.6. The maximum Gasteiger partial charge on any atom is 0.311 e. The molecular weight excluding hydrogens is 400 g/mol. The van der Waals surface area contributed by atoms with Crippen molar-refractivity contribution >= 4 is 39.8 Å². The first-order valence-electron chi connectivity index (χ1n) is 9.66. The van der Waals surface area contributed by atoms with Gasteiger partial charge in [0, 0.05) is 36.0 Å². The Balaban J connectivity index is 1.40. The molecule has 1 fully saturated rings. The smallest absolute Gasteiger partial charge is 0.311 e. The number of rotatable bonds is 6. The van der Waals surface area contributed by atoms with E-state index in [4.69, 9.17) is 4.74 Å². The second-order valence-corrected chi connectivity index (χ2v) is 7.24. The number of anilines is 1. The third kappa shape index (κ3) is 4.13. The van der Waals surface area contributed by atoms with E-state index in [1.165, 1.54) is 24.3 Å². The molecule has 1 heterocycles. The van der Waals surface area contributed by atoms with E-state index in [9.17, 15) is 24.5 Å². The lowest BCUT2D eigenvalue weighted by atomic mass is 10.1. The van der Waals surface area contributed by atoms with Crippen molar-refractivity contribution in [3.63, 3.8) is 0 Å². The Morgan fingerprint density at radius 3 is 2.48 bits per heavy atom. The fraction of sp³-hybridized carbons (Fsp3) is 0.174. The minimum absolute atomic E-state index is 0.00771. The number of ether oxygens (including phenoxy) is 1. The zero-order valence-electron chi connectivity index (χ0n) is 16.4. The molecule has 8 nitrogen and oxygen atoms in total. The Labute approximate surface area is 177 Å². The zero-order valence-corrected chi connectivity index (χ0v) is 16.4. The molecule has 0 spiro atoms. The number of Topliss-reactive ketones (excluding diaryl/α,β-unsaturated/α-hetero) is 1. The molecule has 31 heavy (non-hydrogen) atoms. The van der Waals surface area contributed by atoms with E-state index in [0.717, 1.165) is 16.5 Å². The van der Waals surface area contributed by atoms with Gasteiger partial charge in [-0.1, -0.05) is 36.4 Å². The van der Waals surface area contributed by atoms with E-state index < -0.39 is 29.2 Å². The van der Waals surface area contributed by atoms with Crippen molar-refractivity contribution < 1.29 is 24.0 Å². The molecule has 1 aliphatic rings. The molecule has 156 valence electrons. The first-order valence-corrected chi connectivity index (χ1v) is 9.66. The van der Waals surface area contributed by atoms with Crippen LogP contribution in [0.2, 0.25) is 0 Å². The Morgan fingerprint density at radius 2 is 1.74 bits per heavy atom. The predicted molar refractivity (Wildman–Crippen MR) is 113 cm³/mol. The quantitative estimate of drug-likeness (QED) is 0.262. The van der Waals surface area contributed by atoms with Crippen LogP contribution in [0.5, 0.6) is 0 Å². The van der Waals surface area contributed by atoms with Crippen molar-refractivity contribution in [3.05, 3.63) is 82.4 Å². The lowest BCUT2D eigenvalue weighted by molar-refractivity contribution is -0.384. The number of nitrogens with zero attached hydrogens (tertiary/aromatic N) is 2. The van der Waals surface area contributed by atoms with Gasteiger partial charge in [0.05, 0.1) is 16.5 Å². The lowest BCUT2D eigenvalue weighted by Crippen LogP contribution is -2.27. The summed E-state index contributed by atoms with van der Waals surface area (Å²) in [5, 5.41) is 12.6. The fourth-order valence-corrected chi connectivity index (χ4v) is 3.65. The average Bonchev–Trinajstić information content (AvgIpc) is 3.18. The number of hydrogen-bond donors (Lipinski definition) is 0. The number of esters is 1. The number of fused-ring (bicyclic) bond motifs is 1. The third-order valence-corrected chi connectivity index (χ3v) is 5.26. The summed E-state index contributed by atoms with van der Waals surface area (Å²) >= 11 is 0. The summed E-state index contributed by atoms with van der Waals surface area (Å²) in [6.07, 6.45) is 0.00771. The maximum atomic E-state index is 12.6. The molecule has 0 N–H and O–H groups in total. The molecule has 8 heteroatoms. The van der Waals surface area contributed by atoms with Crippen LogP contribution in [-0.2, 0) is 14.3 Å². The van der Waals surface area contributed by atoms with Crippen LogP contribution in [-0.4, -0.2) is 35.7 Å². The number of hydrogen-bond acceptors (Lipinski definition) is 6. The molecule has 0 bridgehead atoms. The number of carbonyl (C=O) groups is 3. The van der Waals surface area contributed by atoms with Gasteiger partial charge in [-0.25, -0.2) is 0 Å². The highest BCUT2D eigenvalue weighted by Gasteiger charge is 2.37. The number of ketones is 1. The summed E-state index contributed by atoms with van der Waals surface area (Å²) < 4.78 is 5.14. The van der Waals surface area contributed by atoms with Gasteiger partial charge in [-0.3, -0.25) is 24.5 Å². The largest absolute Gasteiger partial charge is 0.457 e. The molecule has 1 atom stereocenters. The third-order valence-electron chi connectivity index (χ3n) is 5.26. The summed E-state index contributed by atoms with van der Waals surface area (Å²) in [5.41, 5.74) is 0.810. The molecule has 0 saturated carbocycles. The molecule has 1 saturated heterocycles. The molecule has 0 radical (unpaired) electrons. The first kappa shape index (κ1) is 20.2. The summed E-state index contributed by atoms with van der Waals surface area (Å²) in [7, 11) is 0. The van der Waals surface area contributed by atoms with Gasteiger partial charge in [0.25, 0.3) is 5.69 Å². The Bertz CT molecular complexity index is 1180. The van der Waals surface area contributed by atoms with Crippen LogP contribution < -0.4 is 4.90 Å². The SMILES string of the molecule is O=C(COC(=O)[C@H]1CC(=O)N(c2cccc3ccccc23)C1)c1ccc([N+](=O)[O-])cc1. The number of non-ortho nitro benzene ring substituents is 1. The summed E-state index contributed by atoms with van der Waals surface area (Å²) in [6.45, 7) is -0.313. The van der Waals surface area contributed by atoms with Crippen LogP contribution >= 0.6 is 0 Å². The molecule has 4 rings (SSSR count). The second kappa shape index (κ2) is 8.35. The Morgan fingerprint density at radius 1 is 1.03 bits per heavy atom. The van der Waals surface area contributed by atoms with E-state index in [1.807, 2.05) is 42.5 Å². The van der Waals surface area contributed by atoms with Crippen molar-refractivity contribution in [3.8, 4) is 0 Å². The van der Waals surface area contributed by atoms with Crippen LogP contribution in [0.25, 0.3) is 10.8 Å². The van der Waals surface area contributed by atoms with Gasteiger partial charge in [0.1, 0.15) is 0 Å². The van der Waals surface area contributed by atoms with Crippen molar-refractivity contribution in [2.45, 2.75) is 6.42 Å². The fourth-order valence-electron chi connectivity index (χ4n) is 3.65. The number of nitro benzene ring substituents is 1. The van der Waals surface area contributed by atoms with E-state index in [2.05, 4.69) is 0 Å². The van der Waals surface area contributed by atoms with Gasteiger partial charge in [-0.05, 0) is 23.6 Å². The number of benzene rings is 3. The summed E-state index contributed by atoms with van der Waals surface area (Å²) in [6, 6.07) is 18.4. The summed E-state index contributed by atoms with van der Waals surface area (Å²) in [5.74, 6) is -1.94. The van der Waals surface area contributed by atoms with Crippen LogP contribution in [0.15, 0.2) is 66.7 Å².